The Morgan fingerprint density at radius 1 is 0.912 bits per heavy atom. The Balaban J connectivity index is 1.46. The number of piperazine rings is 1. The van der Waals surface area contributed by atoms with E-state index in [0.29, 0.717) is 17.5 Å². The third-order valence-corrected chi connectivity index (χ3v) is 6.28. The van der Waals surface area contributed by atoms with Crippen molar-refractivity contribution < 1.29 is 0 Å². The lowest BCUT2D eigenvalue weighted by Gasteiger charge is -2.41. The molecule has 1 unspecified atom stereocenters. The molecular weight excluding hydrogens is 422 g/mol. The molecule has 0 radical (unpaired) electrons. The second-order valence-electron chi connectivity index (χ2n) is 8.51. The third kappa shape index (κ3) is 4.12. The van der Waals surface area contributed by atoms with Gasteiger partial charge < -0.3 is 9.80 Å². The van der Waals surface area contributed by atoms with Crippen LogP contribution < -0.4 is 9.80 Å². The molecule has 166 valence electrons. The second kappa shape index (κ2) is 9.17. The maximum Gasteiger partial charge on any atom is 0.159 e. The highest BCUT2D eigenvalue weighted by Gasteiger charge is 2.27. The van der Waals surface area contributed by atoms with Crippen molar-refractivity contribution in [3.8, 4) is 12.1 Å². The van der Waals surface area contributed by atoms with Crippen LogP contribution in [0.5, 0.6) is 0 Å². The zero-order valence-electron chi connectivity index (χ0n) is 18.9. The molecule has 0 N–H and O–H groups in total. The summed E-state index contributed by atoms with van der Waals surface area (Å²) < 4.78 is 0. The Hall–Kier alpha value is -4.49. The van der Waals surface area contributed by atoms with Gasteiger partial charge in [0, 0.05) is 49.1 Å². The summed E-state index contributed by atoms with van der Waals surface area (Å²) in [5, 5.41) is 29.8. The van der Waals surface area contributed by atoms with Crippen LogP contribution in [0.15, 0.2) is 66.9 Å². The van der Waals surface area contributed by atoms with Crippen LogP contribution in [0.1, 0.15) is 29.3 Å². The normalized spacial score (nSPS) is 15.7. The van der Waals surface area contributed by atoms with Gasteiger partial charge in [-0.05, 0) is 36.8 Å². The van der Waals surface area contributed by atoms with Gasteiger partial charge in [0.25, 0.3) is 0 Å². The van der Waals surface area contributed by atoms with E-state index in [-0.39, 0.29) is 6.04 Å². The molecule has 0 amide bonds. The molecule has 1 aliphatic heterocycles. The molecule has 2 aromatic heterocycles. The van der Waals surface area contributed by atoms with Crippen LogP contribution in [-0.2, 0) is 6.42 Å². The van der Waals surface area contributed by atoms with Crippen molar-refractivity contribution in [1.82, 2.24) is 15.2 Å². The fraction of sp³-hybridized carbons (Fsp3) is 0.222. The summed E-state index contributed by atoms with van der Waals surface area (Å²) in [4.78, 5) is 8.96. The van der Waals surface area contributed by atoms with Gasteiger partial charge in [0.05, 0.1) is 22.9 Å². The molecule has 7 nitrogen and oxygen atoms in total. The van der Waals surface area contributed by atoms with Crippen molar-refractivity contribution in [3.63, 3.8) is 0 Å². The molecule has 1 atom stereocenters. The average molecular weight is 446 g/mol. The van der Waals surface area contributed by atoms with Gasteiger partial charge in [0.1, 0.15) is 11.9 Å². The summed E-state index contributed by atoms with van der Waals surface area (Å²) in [7, 11) is 0. The minimum absolute atomic E-state index is 0.189. The molecule has 0 bridgehead atoms. The van der Waals surface area contributed by atoms with Crippen molar-refractivity contribution in [3.05, 3.63) is 89.2 Å². The van der Waals surface area contributed by atoms with Gasteiger partial charge in [0.15, 0.2) is 5.82 Å². The van der Waals surface area contributed by atoms with E-state index < -0.39 is 0 Å². The van der Waals surface area contributed by atoms with Crippen molar-refractivity contribution >= 4 is 22.4 Å². The van der Waals surface area contributed by atoms with Crippen LogP contribution in [0.25, 0.3) is 10.8 Å². The number of pyridine rings is 1. The number of rotatable bonds is 4. The van der Waals surface area contributed by atoms with Crippen LogP contribution in [0.4, 0.5) is 11.6 Å². The molecule has 4 aromatic rings. The predicted octanol–water partition coefficient (Wildman–Crippen LogP) is 4.07. The van der Waals surface area contributed by atoms with Gasteiger partial charge in [-0.1, -0.05) is 36.4 Å². The lowest BCUT2D eigenvalue weighted by molar-refractivity contribution is 0.542. The summed E-state index contributed by atoms with van der Waals surface area (Å²) in [5.74, 6) is 1.68. The lowest BCUT2D eigenvalue weighted by Crippen LogP contribution is -2.52. The molecule has 1 fully saturated rings. The van der Waals surface area contributed by atoms with Gasteiger partial charge in [-0.15, -0.1) is 5.10 Å². The third-order valence-electron chi connectivity index (χ3n) is 6.28. The fourth-order valence-corrected chi connectivity index (χ4v) is 4.53. The first-order valence-electron chi connectivity index (χ1n) is 11.3. The zero-order valence-corrected chi connectivity index (χ0v) is 18.9. The zero-order chi connectivity index (χ0) is 23.5. The Morgan fingerprint density at radius 3 is 2.41 bits per heavy atom. The second-order valence-corrected chi connectivity index (χ2v) is 8.51. The monoisotopic (exact) mass is 445 g/mol. The van der Waals surface area contributed by atoms with E-state index in [2.05, 4.69) is 56.2 Å². The molecule has 1 saturated heterocycles. The minimum atomic E-state index is 0.189. The number of anilines is 2. The van der Waals surface area contributed by atoms with E-state index in [1.165, 1.54) is 5.56 Å². The van der Waals surface area contributed by atoms with Crippen molar-refractivity contribution in [1.29, 1.82) is 10.5 Å². The number of benzene rings is 2. The van der Waals surface area contributed by atoms with Gasteiger partial charge in [-0.3, -0.25) is 0 Å². The van der Waals surface area contributed by atoms with Crippen LogP contribution in [0, 0.1) is 22.7 Å². The van der Waals surface area contributed by atoms with E-state index >= 15 is 0 Å². The van der Waals surface area contributed by atoms with E-state index in [1.807, 2.05) is 42.5 Å². The summed E-state index contributed by atoms with van der Waals surface area (Å²) in [6.07, 6.45) is 2.30. The average Bonchev–Trinajstić information content (AvgIpc) is 2.89. The fourth-order valence-electron chi connectivity index (χ4n) is 4.53. The van der Waals surface area contributed by atoms with Gasteiger partial charge in [-0.25, -0.2) is 4.98 Å². The molecule has 0 aliphatic carbocycles. The number of fused-ring (bicyclic) bond motifs is 1. The van der Waals surface area contributed by atoms with E-state index in [0.717, 1.165) is 47.7 Å². The first-order chi connectivity index (χ1) is 16.7. The highest BCUT2D eigenvalue weighted by Crippen LogP contribution is 2.30. The summed E-state index contributed by atoms with van der Waals surface area (Å²) in [5.41, 5.74) is 3.25. The van der Waals surface area contributed by atoms with Crippen molar-refractivity contribution in [2.45, 2.75) is 19.4 Å². The van der Waals surface area contributed by atoms with Crippen LogP contribution in [0.2, 0.25) is 0 Å². The molecule has 2 aromatic carbocycles. The van der Waals surface area contributed by atoms with Crippen LogP contribution >= 0.6 is 0 Å². The standard InChI is InChI=1S/C27H23N7/c1-19-18-33(11-12-34(19)26-10-8-22(16-29)17-30-26)27-24-13-21(15-28)7-9-23(24)25(31-32-27)14-20-5-3-2-4-6-20/h2-10,13,17,19H,11-12,14,18H2,1H3. The Morgan fingerprint density at radius 2 is 1.71 bits per heavy atom. The molecule has 1 aliphatic rings. The quantitative estimate of drug-likeness (QED) is 0.467. The van der Waals surface area contributed by atoms with Crippen LogP contribution in [0.3, 0.4) is 0 Å². The first-order valence-corrected chi connectivity index (χ1v) is 11.3. The molecule has 5 rings (SSSR count). The van der Waals surface area contributed by atoms with Gasteiger partial charge in [0.2, 0.25) is 0 Å². The maximum atomic E-state index is 9.51. The summed E-state index contributed by atoms with van der Waals surface area (Å²) in [6.45, 7) is 4.43. The first kappa shape index (κ1) is 21.4. The largest absolute Gasteiger partial charge is 0.351 e. The highest BCUT2D eigenvalue weighted by molar-refractivity contribution is 5.94. The minimum Gasteiger partial charge on any atom is -0.351 e. The summed E-state index contributed by atoms with van der Waals surface area (Å²) in [6, 6.07) is 24.3. The van der Waals surface area contributed by atoms with Crippen molar-refractivity contribution in [2.24, 2.45) is 0 Å². The maximum absolute atomic E-state index is 9.51. The topological polar surface area (TPSA) is 92.7 Å². The molecule has 0 spiro atoms. The van der Waals surface area contributed by atoms with Gasteiger partial charge in [-0.2, -0.15) is 15.6 Å². The molecular formula is C27H23N7. The Kier molecular flexibility index (Phi) is 5.76. The smallest absolute Gasteiger partial charge is 0.159 e. The SMILES string of the molecule is CC1CN(c2nnc(Cc3ccccc3)c3ccc(C#N)cc23)CCN1c1ccc(C#N)cn1. The summed E-state index contributed by atoms with van der Waals surface area (Å²) >= 11 is 0. The van der Waals surface area contributed by atoms with E-state index in [9.17, 15) is 5.26 Å². The van der Waals surface area contributed by atoms with Gasteiger partial charge >= 0.3 is 0 Å². The molecule has 34 heavy (non-hydrogen) atoms. The van der Waals surface area contributed by atoms with Crippen molar-refractivity contribution in [2.75, 3.05) is 29.4 Å². The number of aromatic nitrogens is 3. The molecule has 3 heterocycles. The molecule has 7 heteroatoms. The number of hydrogen-bond acceptors (Lipinski definition) is 7. The Bertz CT molecular complexity index is 1400. The van der Waals surface area contributed by atoms with E-state index in [1.54, 1.807) is 12.3 Å². The van der Waals surface area contributed by atoms with Crippen LogP contribution in [-0.4, -0.2) is 40.9 Å². The Labute approximate surface area is 198 Å². The molecule has 0 saturated carbocycles. The number of nitrogens with zero attached hydrogens (tertiary/aromatic N) is 7. The highest BCUT2D eigenvalue weighted by atomic mass is 15.3. The number of hydrogen-bond donors (Lipinski definition) is 0. The van der Waals surface area contributed by atoms with E-state index in [4.69, 9.17) is 5.26 Å². The predicted molar refractivity (Wildman–Crippen MR) is 131 cm³/mol. The lowest BCUT2D eigenvalue weighted by atomic mass is 10.0. The number of nitriles is 2.